The predicted molar refractivity (Wildman–Crippen MR) is 152 cm³/mol. The minimum Gasteiger partial charge on any atom is -0.503 e. The summed E-state index contributed by atoms with van der Waals surface area (Å²) in [5.41, 5.74) is 4.45. The highest BCUT2D eigenvalue weighted by Gasteiger charge is 2.17. The van der Waals surface area contributed by atoms with E-state index in [1.54, 1.807) is 13.0 Å². The van der Waals surface area contributed by atoms with Crippen molar-refractivity contribution in [1.29, 1.82) is 0 Å². The Balaban J connectivity index is 1.72. The van der Waals surface area contributed by atoms with E-state index in [1.165, 1.54) is 20.5 Å². The molecule has 0 bridgehead atoms. The highest BCUT2D eigenvalue weighted by atomic mass is 35.5. The average Bonchev–Trinajstić information content (AvgIpc) is 2.96. The number of benzene rings is 3. The fourth-order valence-corrected chi connectivity index (χ4v) is 3.64. The molecule has 0 fully saturated rings. The molecule has 3 aromatic carbocycles. The second-order valence-corrected chi connectivity index (χ2v) is 8.60. The summed E-state index contributed by atoms with van der Waals surface area (Å²) in [5.74, 6) is 0.188. The lowest BCUT2D eigenvalue weighted by molar-refractivity contribution is -0.133. The Bertz CT molecular complexity index is 1320. The number of rotatable bonds is 13. The third-order valence-electron chi connectivity index (χ3n) is 5.44. The molecule has 39 heavy (non-hydrogen) atoms. The van der Waals surface area contributed by atoms with Gasteiger partial charge in [0.2, 0.25) is 0 Å². The maximum absolute atomic E-state index is 12.3. The van der Waals surface area contributed by atoms with Crippen LogP contribution in [0.5, 0.6) is 5.75 Å². The number of ether oxygens (including phenoxy) is 3. The highest BCUT2D eigenvalue weighted by Crippen LogP contribution is 2.22. The Morgan fingerprint density at radius 2 is 1.62 bits per heavy atom. The number of oxime groups is 2. The van der Waals surface area contributed by atoms with Gasteiger partial charge in [0.1, 0.15) is 42.6 Å². The van der Waals surface area contributed by atoms with Crippen molar-refractivity contribution in [2.45, 2.75) is 27.1 Å². The molecule has 3 aromatic rings. The lowest BCUT2D eigenvalue weighted by Crippen LogP contribution is -2.14. The monoisotopic (exact) mass is 550 g/mol. The summed E-state index contributed by atoms with van der Waals surface area (Å²) in [7, 11) is 2.78. The first-order chi connectivity index (χ1) is 19.0. The molecule has 3 rings (SSSR count). The van der Waals surface area contributed by atoms with Crippen molar-refractivity contribution in [3.05, 3.63) is 106 Å². The fourth-order valence-electron chi connectivity index (χ4n) is 3.51. The number of nitrogens with zero attached hydrogens (tertiary/aromatic N) is 2. The van der Waals surface area contributed by atoms with Crippen LogP contribution in [0.15, 0.2) is 89.4 Å². The average molecular weight is 551 g/mol. The summed E-state index contributed by atoms with van der Waals surface area (Å²) in [6, 6.07) is 22.3. The van der Waals surface area contributed by atoms with E-state index in [4.69, 9.17) is 35.5 Å². The maximum atomic E-state index is 12.3. The highest BCUT2D eigenvalue weighted by molar-refractivity contribution is 6.47. The molecule has 0 saturated heterocycles. The van der Waals surface area contributed by atoms with Crippen molar-refractivity contribution >= 4 is 34.6 Å². The second kappa shape index (κ2) is 15.2. The van der Waals surface area contributed by atoms with Gasteiger partial charge in [0.25, 0.3) is 0 Å². The van der Waals surface area contributed by atoms with Crippen molar-refractivity contribution in [2.75, 3.05) is 20.8 Å². The maximum Gasteiger partial charge on any atom is 0.341 e. The molecule has 0 spiro atoms. The molecular formula is C30H31ClN2O6. The van der Waals surface area contributed by atoms with E-state index >= 15 is 0 Å². The summed E-state index contributed by atoms with van der Waals surface area (Å²) in [5, 5.41) is 9.19. The van der Waals surface area contributed by atoms with Crippen LogP contribution in [-0.4, -0.2) is 38.2 Å². The van der Waals surface area contributed by atoms with Gasteiger partial charge < -0.3 is 23.9 Å². The van der Waals surface area contributed by atoms with Crippen LogP contribution in [0.25, 0.3) is 5.57 Å². The lowest BCUT2D eigenvalue weighted by Gasteiger charge is -2.12. The Morgan fingerprint density at radius 3 is 2.28 bits per heavy atom. The zero-order valence-corrected chi connectivity index (χ0v) is 23.1. The number of halogens is 1. The van der Waals surface area contributed by atoms with E-state index in [0.29, 0.717) is 41.0 Å². The molecule has 0 aliphatic carbocycles. The Hall–Kier alpha value is -4.30. The van der Waals surface area contributed by atoms with Crippen LogP contribution >= 0.6 is 11.6 Å². The molecule has 204 valence electrons. The number of carbonyl (C=O) groups is 1. The van der Waals surface area contributed by atoms with Gasteiger partial charge in [0, 0.05) is 16.1 Å². The van der Waals surface area contributed by atoms with Gasteiger partial charge in [0.05, 0.1) is 20.5 Å². The van der Waals surface area contributed by atoms with Crippen LogP contribution in [-0.2, 0) is 37.2 Å². The molecule has 0 aromatic heterocycles. The Kier molecular flexibility index (Phi) is 11.4. The first-order valence-electron chi connectivity index (χ1n) is 12.2. The lowest BCUT2D eigenvalue weighted by atomic mass is 10.0. The molecule has 0 aliphatic heterocycles. The molecule has 9 heteroatoms. The van der Waals surface area contributed by atoms with E-state index in [1.807, 2.05) is 73.7 Å². The summed E-state index contributed by atoms with van der Waals surface area (Å²) in [6.45, 7) is 4.55. The summed E-state index contributed by atoms with van der Waals surface area (Å²) < 4.78 is 15.8. The predicted octanol–water partition coefficient (Wildman–Crippen LogP) is 6.41. The third-order valence-corrected chi connectivity index (χ3v) is 5.70. The normalized spacial score (nSPS) is 12.1. The minimum atomic E-state index is -0.518. The van der Waals surface area contributed by atoms with Crippen molar-refractivity contribution in [2.24, 2.45) is 10.3 Å². The zero-order valence-electron chi connectivity index (χ0n) is 22.3. The van der Waals surface area contributed by atoms with Crippen molar-refractivity contribution in [1.82, 2.24) is 0 Å². The SMILES string of the molecule is CCON=C(C(C)=NOCc1ccccc1C(=COC)C(=O)OC)c1ccc(OCc2ccc(Cl)cc2)cc1. The fraction of sp³-hybridized carbons (Fsp3) is 0.233. The van der Waals surface area contributed by atoms with Crippen LogP contribution in [0, 0.1) is 0 Å². The Labute approximate surface area is 233 Å². The van der Waals surface area contributed by atoms with E-state index in [2.05, 4.69) is 10.3 Å². The van der Waals surface area contributed by atoms with Crippen molar-refractivity contribution in [3.8, 4) is 5.75 Å². The van der Waals surface area contributed by atoms with Crippen LogP contribution < -0.4 is 4.74 Å². The number of hydrogen-bond donors (Lipinski definition) is 0. The largest absolute Gasteiger partial charge is 0.503 e. The molecule has 8 nitrogen and oxygen atoms in total. The van der Waals surface area contributed by atoms with Gasteiger partial charge in [-0.2, -0.15) is 0 Å². The van der Waals surface area contributed by atoms with E-state index in [0.717, 1.165) is 16.7 Å². The molecule has 0 N–H and O–H groups in total. The molecule has 0 radical (unpaired) electrons. The first-order valence-corrected chi connectivity index (χ1v) is 12.6. The molecular weight excluding hydrogens is 520 g/mol. The smallest absolute Gasteiger partial charge is 0.341 e. The van der Waals surface area contributed by atoms with Crippen LogP contribution in [0.3, 0.4) is 0 Å². The molecule has 0 saturated carbocycles. The second-order valence-electron chi connectivity index (χ2n) is 8.16. The van der Waals surface area contributed by atoms with E-state index < -0.39 is 5.97 Å². The first kappa shape index (κ1) is 29.3. The van der Waals surface area contributed by atoms with Gasteiger partial charge in [-0.1, -0.05) is 58.3 Å². The molecule has 0 unspecified atom stereocenters. The van der Waals surface area contributed by atoms with Gasteiger partial charge in [-0.3, -0.25) is 0 Å². The van der Waals surface area contributed by atoms with Gasteiger partial charge >= 0.3 is 5.97 Å². The minimum absolute atomic E-state index is 0.102. The van der Waals surface area contributed by atoms with Crippen molar-refractivity contribution < 1.29 is 28.7 Å². The Morgan fingerprint density at radius 1 is 0.897 bits per heavy atom. The number of carbonyl (C=O) groups excluding carboxylic acids is 1. The van der Waals surface area contributed by atoms with E-state index in [9.17, 15) is 4.79 Å². The standard InChI is InChI=1S/C30H31ClN2O6/c1-5-38-33-29(23-12-16-26(17-13-23)37-18-22-10-14-25(31)15-11-22)21(2)32-39-19-24-8-6-7-9-27(24)28(20-35-3)30(34)36-4/h6-17,20H,5,18-19H2,1-4H3. The van der Waals surface area contributed by atoms with Gasteiger partial charge in [0.15, 0.2) is 0 Å². The molecule has 0 aliphatic rings. The van der Waals surface area contributed by atoms with Crippen LogP contribution in [0.4, 0.5) is 0 Å². The van der Waals surface area contributed by atoms with Gasteiger partial charge in [-0.15, -0.1) is 0 Å². The summed E-state index contributed by atoms with van der Waals surface area (Å²) >= 11 is 5.94. The van der Waals surface area contributed by atoms with Gasteiger partial charge in [-0.05, 0) is 61.4 Å². The topological polar surface area (TPSA) is 87.9 Å². The van der Waals surface area contributed by atoms with Crippen molar-refractivity contribution in [3.63, 3.8) is 0 Å². The molecule has 0 heterocycles. The van der Waals surface area contributed by atoms with Crippen LogP contribution in [0.1, 0.15) is 36.1 Å². The van der Waals surface area contributed by atoms with Crippen LogP contribution in [0.2, 0.25) is 5.02 Å². The van der Waals surface area contributed by atoms with Gasteiger partial charge in [-0.25, -0.2) is 4.79 Å². The molecule has 0 amide bonds. The quantitative estimate of drug-likeness (QED) is 0.0803. The molecule has 0 atom stereocenters. The summed E-state index contributed by atoms with van der Waals surface area (Å²) in [6.07, 6.45) is 1.34. The number of hydrogen-bond acceptors (Lipinski definition) is 8. The summed E-state index contributed by atoms with van der Waals surface area (Å²) in [4.78, 5) is 23.2. The number of esters is 1. The third kappa shape index (κ3) is 8.61. The number of methoxy groups -OCH3 is 2. The van der Waals surface area contributed by atoms with E-state index in [-0.39, 0.29) is 12.2 Å². The zero-order chi connectivity index (χ0) is 28.0.